The van der Waals surface area contributed by atoms with Gasteiger partial charge in [-0.25, -0.2) is 13.1 Å². The highest BCUT2D eigenvalue weighted by molar-refractivity contribution is 7.91. The minimum Gasteiger partial charge on any atom is -0.384 e. The van der Waals surface area contributed by atoms with E-state index in [1.54, 1.807) is 16.0 Å². The van der Waals surface area contributed by atoms with Crippen LogP contribution in [-0.4, -0.2) is 29.7 Å². The minimum atomic E-state index is -2.93. The highest BCUT2D eigenvalue weighted by Gasteiger charge is 2.31. The Kier molecular flexibility index (Phi) is 2.90. The molecule has 1 atom stereocenters. The molecule has 19 heavy (non-hydrogen) atoms. The van der Waals surface area contributed by atoms with Gasteiger partial charge in [0, 0.05) is 16.5 Å². The van der Waals surface area contributed by atoms with Crippen molar-refractivity contribution in [3.8, 4) is 11.3 Å². The van der Waals surface area contributed by atoms with Crippen molar-refractivity contribution >= 4 is 27.0 Å². The van der Waals surface area contributed by atoms with Crippen LogP contribution < -0.4 is 5.73 Å². The highest BCUT2D eigenvalue weighted by atomic mass is 32.2. The third-order valence-electron chi connectivity index (χ3n) is 3.54. The SMILES string of the molecule is Cc1c(-c2ccsc2)nn(C2CCS(=O)(=O)C2)c1N. The fraction of sp³-hybridized carbons (Fsp3) is 0.417. The molecule has 1 unspecified atom stereocenters. The van der Waals surface area contributed by atoms with Gasteiger partial charge in [-0.2, -0.15) is 16.4 Å². The number of rotatable bonds is 2. The fourth-order valence-electron chi connectivity index (χ4n) is 2.45. The number of nitrogens with two attached hydrogens (primary N) is 1. The maximum absolute atomic E-state index is 11.6. The van der Waals surface area contributed by atoms with Gasteiger partial charge in [-0.3, -0.25) is 0 Å². The van der Waals surface area contributed by atoms with E-state index in [9.17, 15) is 8.42 Å². The van der Waals surface area contributed by atoms with E-state index in [1.807, 2.05) is 23.8 Å². The van der Waals surface area contributed by atoms with Crippen molar-refractivity contribution in [2.75, 3.05) is 17.2 Å². The molecule has 0 bridgehead atoms. The molecule has 102 valence electrons. The molecule has 0 saturated carbocycles. The molecule has 2 aromatic rings. The van der Waals surface area contributed by atoms with E-state index in [2.05, 4.69) is 5.10 Å². The van der Waals surface area contributed by atoms with Crippen molar-refractivity contribution in [3.63, 3.8) is 0 Å². The summed E-state index contributed by atoms with van der Waals surface area (Å²) >= 11 is 1.60. The molecule has 0 spiro atoms. The van der Waals surface area contributed by atoms with E-state index < -0.39 is 9.84 Å². The van der Waals surface area contributed by atoms with Crippen LogP contribution in [0, 0.1) is 6.92 Å². The van der Waals surface area contributed by atoms with Gasteiger partial charge in [0.05, 0.1) is 23.2 Å². The van der Waals surface area contributed by atoms with Crippen molar-refractivity contribution in [1.82, 2.24) is 9.78 Å². The van der Waals surface area contributed by atoms with Crippen molar-refractivity contribution in [2.45, 2.75) is 19.4 Å². The first kappa shape index (κ1) is 12.7. The second kappa shape index (κ2) is 4.35. The van der Waals surface area contributed by atoms with Crippen molar-refractivity contribution < 1.29 is 8.42 Å². The van der Waals surface area contributed by atoms with Crippen LogP contribution in [0.15, 0.2) is 16.8 Å². The van der Waals surface area contributed by atoms with Crippen molar-refractivity contribution in [1.29, 1.82) is 0 Å². The Morgan fingerprint density at radius 1 is 1.53 bits per heavy atom. The van der Waals surface area contributed by atoms with Crippen molar-refractivity contribution in [3.05, 3.63) is 22.4 Å². The molecule has 3 rings (SSSR count). The smallest absolute Gasteiger partial charge is 0.152 e. The summed E-state index contributed by atoms with van der Waals surface area (Å²) in [7, 11) is -2.93. The Morgan fingerprint density at radius 2 is 2.32 bits per heavy atom. The number of nitrogens with zero attached hydrogens (tertiary/aromatic N) is 2. The Bertz CT molecular complexity index is 702. The molecule has 1 aliphatic rings. The van der Waals surface area contributed by atoms with Crippen LogP contribution in [0.1, 0.15) is 18.0 Å². The van der Waals surface area contributed by atoms with Crippen LogP contribution in [-0.2, 0) is 9.84 Å². The van der Waals surface area contributed by atoms with Crippen LogP contribution in [0.3, 0.4) is 0 Å². The normalized spacial score (nSPS) is 21.8. The predicted octanol–water partition coefficient (Wildman–Crippen LogP) is 1.86. The van der Waals surface area contributed by atoms with Crippen LogP contribution in [0.25, 0.3) is 11.3 Å². The van der Waals surface area contributed by atoms with Gasteiger partial charge < -0.3 is 5.73 Å². The summed E-state index contributed by atoms with van der Waals surface area (Å²) in [6.07, 6.45) is 0.594. The molecule has 1 saturated heterocycles. The fourth-order valence-corrected chi connectivity index (χ4v) is 4.78. The third-order valence-corrected chi connectivity index (χ3v) is 5.98. The zero-order valence-electron chi connectivity index (χ0n) is 10.5. The average molecular weight is 297 g/mol. The summed E-state index contributed by atoms with van der Waals surface area (Å²) in [6.45, 7) is 1.93. The van der Waals surface area contributed by atoms with Crippen LogP contribution >= 0.6 is 11.3 Å². The van der Waals surface area contributed by atoms with Crippen LogP contribution in [0.2, 0.25) is 0 Å². The Labute approximate surface area is 116 Å². The van der Waals surface area contributed by atoms with Gasteiger partial charge in [0.25, 0.3) is 0 Å². The first-order chi connectivity index (χ1) is 8.98. The molecule has 2 N–H and O–H groups in total. The molecule has 7 heteroatoms. The van der Waals surface area contributed by atoms with Crippen LogP contribution in [0.5, 0.6) is 0 Å². The van der Waals surface area contributed by atoms with E-state index in [0.717, 1.165) is 16.8 Å². The zero-order valence-corrected chi connectivity index (χ0v) is 12.2. The number of hydrogen-bond donors (Lipinski definition) is 1. The summed E-state index contributed by atoms with van der Waals surface area (Å²) in [6, 6.07) is 1.87. The highest BCUT2D eigenvalue weighted by Crippen LogP contribution is 2.32. The summed E-state index contributed by atoms with van der Waals surface area (Å²) in [5.41, 5.74) is 8.89. The molecule has 1 fully saturated rings. The summed E-state index contributed by atoms with van der Waals surface area (Å²) < 4.78 is 24.8. The monoisotopic (exact) mass is 297 g/mol. The lowest BCUT2D eigenvalue weighted by molar-refractivity contribution is 0.508. The quantitative estimate of drug-likeness (QED) is 0.917. The number of sulfone groups is 1. The van der Waals surface area contributed by atoms with Gasteiger partial charge in [0.15, 0.2) is 9.84 Å². The minimum absolute atomic E-state index is 0.129. The maximum Gasteiger partial charge on any atom is 0.152 e. The van der Waals surface area contributed by atoms with E-state index in [4.69, 9.17) is 5.73 Å². The third kappa shape index (κ3) is 2.17. The summed E-state index contributed by atoms with van der Waals surface area (Å²) in [4.78, 5) is 0. The molecule has 0 aromatic carbocycles. The first-order valence-corrected chi connectivity index (χ1v) is 8.82. The van der Waals surface area contributed by atoms with E-state index in [1.165, 1.54) is 0 Å². The number of hydrogen-bond acceptors (Lipinski definition) is 5. The molecule has 0 radical (unpaired) electrons. The van der Waals surface area contributed by atoms with Gasteiger partial charge in [0.1, 0.15) is 5.82 Å². The zero-order chi connectivity index (χ0) is 13.6. The Hall–Kier alpha value is -1.34. The second-order valence-electron chi connectivity index (χ2n) is 4.87. The molecule has 5 nitrogen and oxygen atoms in total. The van der Waals surface area contributed by atoms with E-state index >= 15 is 0 Å². The molecular weight excluding hydrogens is 282 g/mol. The number of nitrogen functional groups attached to an aromatic ring is 1. The lowest BCUT2D eigenvalue weighted by Gasteiger charge is -2.10. The Morgan fingerprint density at radius 3 is 2.89 bits per heavy atom. The van der Waals surface area contributed by atoms with Crippen molar-refractivity contribution in [2.24, 2.45) is 0 Å². The summed E-state index contributed by atoms with van der Waals surface area (Å²) in [5, 5.41) is 8.54. The molecular formula is C12H15N3O2S2. The molecule has 3 heterocycles. The lowest BCUT2D eigenvalue weighted by Crippen LogP contribution is -2.14. The van der Waals surface area contributed by atoms with Gasteiger partial charge in [0.2, 0.25) is 0 Å². The number of thiophene rings is 1. The molecule has 0 amide bonds. The molecule has 2 aromatic heterocycles. The largest absolute Gasteiger partial charge is 0.384 e. The van der Waals surface area contributed by atoms with Gasteiger partial charge in [-0.15, -0.1) is 0 Å². The van der Waals surface area contributed by atoms with E-state index in [0.29, 0.717) is 12.2 Å². The van der Waals surface area contributed by atoms with Gasteiger partial charge in [-0.1, -0.05) is 0 Å². The van der Waals surface area contributed by atoms with Gasteiger partial charge in [-0.05, 0) is 24.8 Å². The summed E-state index contributed by atoms with van der Waals surface area (Å²) in [5.74, 6) is 0.939. The predicted molar refractivity (Wildman–Crippen MR) is 77.0 cm³/mol. The van der Waals surface area contributed by atoms with Crippen LogP contribution in [0.4, 0.5) is 5.82 Å². The second-order valence-corrected chi connectivity index (χ2v) is 7.88. The maximum atomic E-state index is 11.6. The molecule has 1 aliphatic heterocycles. The topological polar surface area (TPSA) is 78.0 Å². The average Bonchev–Trinajstić information content (AvgIpc) is 3.03. The lowest BCUT2D eigenvalue weighted by atomic mass is 10.1. The first-order valence-electron chi connectivity index (χ1n) is 6.05. The van der Waals surface area contributed by atoms with Gasteiger partial charge >= 0.3 is 0 Å². The standard InChI is InChI=1S/C12H15N3O2S2/c1-8-11(9-2-4-18-6-9)14-15(12(8)13)10-3-5-19(16,17)7-10/h2,4,6,10H,3,5,7,13H2,1H3. The number of aromatic nitrogens is 2. The van der Waals surface area contributed by atoms with E-state index in [-0.39, 0.29) is 17.5 Å². The molecule has 0 aliphatic carbocycles. The number of anilines is 1. The Balaban J connectivity index is 2.03.